The van der Waals surface area contributed by atoms with Gasteiger partial charge in [0.05, 0.1) is 11.7 Å². The molecule has 0 fully saturated rings. The maximum absolute atomic E-state index is 6.33. The fourth-order valence-electron chi connectivity index (χ4n) is 3.23. The number of benzene rings is 1. The molecule has 0 aliphatic carbocycles. The van der Waals surface area contributed by atoms with Crippen LogP contribution in [0.3, 0.4) is 0 Å². The second-order valence-electron chi connectivity index (χ2n) is 7.34. The maximum atomic E-state index is 6.33. The molecule has 2 aromatic rings. The highest BCUT2D eigenvalue weighted by Gasteiger charge is 2.22. The molecule has 0 unspecified atom stereocenters. The van der Waals surface area contributed by atoms with Crippen LogP contribution in [0.2, 0.25) is 0 Å². The quantitative estimate of drug-likeness (QED) is 0.593. The van der Waals surface area contributed by atoms with Crippen LogP contribution in [0.1, 0.15) is 74.5 Å². The molecule has 0 atom stereocenters. The highest BCUT2D eigenvalue weighted by atomic mass is 16.5. The summed E-state index contributed by atoms with van der Waals surface area (Å²) in [5.74, 6) is 2.97. The smallest absolute Gasteiger partial charge is 0.229 e. The number of ether oxygens (including phenoxy) is 2. The Balaban J connectivity index is 2.53. The van der Waals surface area contributed by atoms with Crippen LogP contribution in [0.15, 0.2) is 12.1 Å². The van der Waals surface area contributed by atoms with Crippen LogP contribution < -0.4 is 9.47 Å². The molecule has 0 amide bonds. The van der Waals surface area contributed by atoms with Crippen LogP contribution in [0.4, 0.5) is 0 Å². The summed E-state index contributed by atoms with van der Waals surface area (Å²) in [6.07, 6.45) is 2.05. The van der Waals surface area contributed by atoms with Crippen LogP contribution in [0.25, 0.3) is 0 Å². The average Bonchev–Trinajstić information content (AvgIpc) is 2.55. The second kappa shape index (κ2) is 8.52. The lowest BCUT2D eigenvalue weighted by Gasteiger charge is -2.22. The van der Waals surface area contributed by atoms with E-state index in [0.29, 0.717) is 17.6 Å². The molecule has 0 N–H and O–H groups in total. The molecule has 1 heterocycles. The summed E-state index contributed by atoms with van der Waals surface area (Å²) in [5.41, 5.74) is 4.38. The minimum atomic E-state index is 0.150. The first-order valence-electron chi connectivity index (χ1n) is 9.57. The lowest BCUT2D eigenvalue weighted by molar-refractivity contribution is 0.180. The molecular formula is C22H32N2O2. The van der Waals surface area contributed by atoms with E-state index in [1.165, 1.54) is 5.56 Å². The van der Waals surface area contributed by atoms with Crippen LogP contribution in [0.5, 0.6) is 17.5 Å². The number of nitrogens with zero attached hydrogens (tertiary/aromatic N) is 2. The van der Waals surface area contributed by atoms with Crippen molar-refractivity contribution in [3.63, 3.8) is 0 Å². The molecule has 1 aromatic heterocycles. The Bertz CT molecular complexity index is 742. The van der Waals surface area contributed by atoms with E-state index in [2.05, 4.69) is 70.6 Å². The topological polar surface area (TPSA) is 44.2 Å². The van der Waals surface area contributed by atoms with Gasteiger partial charge < -0.3 is 9.47 Å². The Morgan fingerprint density at radius 1 is 0.885 bits per heavy atom. The van der Waals surface area contributed by atoms with Crippen molar-refractivity contribution in [2.45, 2.75) is 80.3 Å². The fourth-order valence-corrected chi connectivity index (χ4v) is 3.23. The van der Waals surface area contributed by atoms with Gasteiger partial charge in [-0.25, -0.2) is 0 Å². The van der Waals surface area contributed by atoms with Gasteiger partial charge in [0.25, 0.3) is 0 Å². The van der Waals surface area contributed by atoms with Gasteiger partial charge in [-0.1, -0.05) is 45.4 Å². The maximum Gasteiger partial charge on any atom is 0.229 e. The summed E-state index contributed by atoms with van der Waals surface area (Å²) in [6.45, 7) is 16.6. The average molecular weight is 357 g/mol. The molecule has 4 heteroatoms. The van der Waals surface area contributed by atoms with E-state index in [-0.39, 0.29) is 12.0 Å². The van der Waals surface area contributed by atoms with Crippen LogP contribution in [0, 0.1) is 27.7 Å². The van der Waals surface area contributed by atoms with Gasteiger partial charge in [0.2, 0.25) is 11.8 Å². The van der Waals surface area contributed by atoms with Gasteiger partial charge in [0.1, 0.15) is 11.6 Å². The van der Waals surface area contributed by atoms with Crippen LogP contribution in [-0.4, -0.2) is 16.1 Å². The molecule has 2 rings (SSSR count). The van der Waals surface area contributed by atoms with Crippen LogP contribution in [-0.2, 0) is 0 Å². The molecule has 0 radical (unpaired) electrons. The minimum Gasteiger partial charge on any atom is -0.474 e. The lowest BCUT2D eigenvalue weighted by Crippen LogP contribution is -2.17. The number of aromatic nitrogens is 2. The highest BCUT2D eigenvalue weighted by molar-refractivity contribution is 5.47. The van der Waals surface area contributed by atoms with Gasteiger partial charge in [-0.05, 0) is 57.6 Å². The van der Waals surface area contributed by atoms with Crippen molar-refractivity contribution in [2.75, 3.05) is 0 Å². The highest BCUT2D eigenvalue weighted by Crippen LogP contribution is 2.38. The van der Waals surface area contributed by atoms with Crippen molar-refractivity contribution in [2.24, 2.45) is 0 Å². The molecule has 0 aliphatic heterocycles. The molecule has 0 saturated heterocycles. The van der Waals surface area contributed by atoms with E-state index in [4.69, 9.17) is 9.47 Å². The zero-order valence-electron chi connectivity index (χ0n) is 17.4. The number of hydrogen-bond acceptors (Lipinski definition) is 4. The zero-order chi connectivity index (χ0) is 19.4. The van der Waals surface area contributed by atoms with E-state index in [1.807, 2.05) is 6.92 Å². The predicted octanol–water partition coefficient (Wildman–Crippen LogP) is 6.19. The van der Waals surface area contributed by atoms with Gasteiger partial charge in [0.15, 0.2) is 0 Å². The summed E-state index contributed by atoms with van der Waals surface area (Å²) < 4.78 is 12.5. The van der Waals surface area contributed by atoms with Gasteiger partial charge in [-0.3, -0.25) is 0 Å². The summed E-state index contributed by atoms with van der Waals surface area (Å²) in [5, 5.41) is 0. The molecule has 1 aromatic carbocycles. The van der Waals surface area contributed by atoms with Gasteiger partial charge in [-0.2, -0.15) is 9.97 Å². The zero-order valence-corrected chi connectivity index (χ0v) is 17.4. The Morgan fingerprint density at radius 2 is 1.42 bits per heavy atom. The Labute approximate surface area is 158 Å². The standard InChI is InChI=1S/C22H32N2O2/c1-9-18(10-2)25-21-19(13(3)4)22(24-17(8)23-21)26-20-15(6)11-14(5)12-16(20)7/h11-13,18H,9-10H2,1-8H3. The molecule has 4 nitrogen and oxygen atoms in total. The van der Waals surface area contributed by atoms with Gasteiger partial charge in [-0.15, -0.1) is 0 Å². The first-order valence-corrected chi connectivity index (χ1v) is 9.57. The summed E-state index contributed by atoms with van der Waals surface area (Å²) in [7, 11) is 0. The minimum absolute atomic E-state index is 0.150. The molecule has 0 bridgehead atoms. The molecule has 0 aliphatic rings. The molecule has 142 valence electrons. The van der Waals surface area contributed by atoms with E-state index in [1.54, 1.807) is 0 Å². The van der Waals surface area contributed by atoms with Crippen molar-refractivity contribution in [1.82, 2.24) is 9.97 Å². The Hall–Kier alpha value is -2.10. The first kappa shape index (κ1) is 20.2. The van der Waals surface area contributed by atoms with Crippen LogP contribution >= 0.6 is 0 Å². The Kier molecular flexibility index (Phi) is 6.63. The van der Waals surface area contributed by atoms with Crippen molar-refractivity contribution < 1.29 is 9.47 Å². The normalized spacial score (nSPS) is 11.3. The number of hydrogen-bond donors (Lipinski definition) is 0. The third kappa shape index (κ3) is 4.54. The lowest BCUT2D eigenvalue weighted by atomic mass is 10.0. The molecule has 0 spiro atoms. The summed E-state index contributed by atoms with van der Waals surface area (Å²) in [6, 6.07) is 4.26. The van der Waals surface area contributed by atoms with Gasteiger partial charge in [0, 0.05) is 0 Å². The van der Waals surface area contributed by atoms with Crippen molar-refractivity contribution in [3.05, 3.63) is 40.2 Å². The molecule has 26 heavy (non-hydrogen) atoms. The molecule has 0 saturated carbocycles. The third-order valence-corrected chi connectivity index (χ3v) is 4.56. The number of aryl methyl sites for hydroxylation is 4. The molecular weight excluding hydrogens is 324 g/mol. The largest absolute Gasteiger partial charge is 0.474 e. The predicted molar refractivity (Wildman–Crippen MR) is 107 cm³/mol. The monoisotopic (exact) mass is 356 g/mol. The van der Waals surface area contributed by atoms with E-state index < -0.39 is 0 Å². The fraction of sp³-hybridized carbons (Fsp3) is 0.545. The first-order chi connectivity index (χ1) is 12.3. The Morgan fingerprint density at radius 3 is 1.92 bits per heavy atom. The van der Waals surface area contributed by atoms with Gasteiger partial charge >= 0.3 is 0 Å². The third-order valence-electron chi connectivity index (χ3n) is 4.56. The number of rotatable bonds is 7. The van der Waals surface area contributed by atoms with Crippen molar-refractivity contribution in [1.29, 1.82) is 0 Å². The SMILES string of the molecule is CCC(CC)Oc1nc(C)nc(Oc2c(C)cc(C)cc2C)c1C(C)C. The summed E-state index contributed by atoms with van der Waals surface area (Å²) in [4.78, 5) is 9.18. The van der Waals surface area contributed by atoms with E-state index in [0.717, 1.165) is 35.3 Å². The van der Waals surface area contributed by atoms with Crippen molar-refractivity contribution in [3.8, 4) is 17.5 Å². The summed E-state index contributed by atoms with van der Waals surface area (Å²) >= 11 is 0. The second-order valence-corrected chi connectivity index (χ2v) is 7.34. The van der Waals surface area contributed by atoms with E-state index in [9.17, 15) is 0 Å². The van der Waals surface area contributed by atoms with E-state index >= 15 is 0 Å². The van der Waals surface area contributed by atoms with Crippen molar-refractivity contribution >= 4 is 0 Å².